The third-order valence-electron chi connectivity index (χ3n) is 4.07. The van der Waals surface area contributed by atoms with Crippen LogP contribution in [0.15, 0.2) is 4.52 Å². The highest BCUT2D eigenvalue weighted by molar-refractivity contribution is 5.03. The lowest BCUT2D eigenvalue weighted by Crippen LogP contribution is -2.34. The minimum atomic E-state index is -0.533. The van der Waals surface area contributed by atoms with Gasteiger partial charge in [-0.3, -0.25) is 4.90 Å². The van der Waals surface area contributed by atoms with Gasteiger partial charge in [0.25, 0.3) is 0 Å². The molecule has 0 aliphatic carbocycles. The predicted molar refractivity (Wildman–Crippen MR) is 78.2 cm³/mol. The molecule has 2 unspecified atom stereocenters. The number of nitrogens with zero attached hydrogens (tertiary/aromatic N) is 4. The molecule has 1 aromatic rings. The molecule has 2 heterocycles. The minimum absolute atomic E-state index is 0.178. The topological polar surface area (TPSA) is 71.4 Å². The van der Waals surface area contributed by atoms with E-state index in [-0.39, 0.29) is 6.04 Å². The van der Waals surface area contributed by atoms with Gasteiger partial charge in [-0.25, -0.2) is 0 Å². The second-order valence-corrected chi connectivity index (χ2v) is 6.24. The van der Waals surface area contributed by atoms with Crippen LogP contribution in [-0.2, 0) is 5.54 Å². The van der Waals surface area contributed by atoms with Gasteiger partial charge in [-0.05, 0) is 47.0 Å². The summed E-state index contributed by atoms with van der Waals surface area (Å²) in [5.74, 6) is 1.30. The summed E-state index contributed by atoms with van der Waals surface area (Å²) in [6, 6.07) is 0.178. The van der Waals surface area contributed by atoms with Gasteiger partial charge in [0.2, 0.25) is 5.89 Å². The minimum Gasteiger partial charge on any atom is -0.337 e. The third-order valence-corrected chi connectivity index (χ3v) is 4.07. The van der Waals surface area contributed by atoms with Crippen molar-refractivity contribution in [2.45, 2.75) is 44.7 Å². The van der Waals surface area contributed by atoms with Crippen LogP contribution in [0.1, 0.15) is 50.9 Å². The molecule has 0 spiro atoms. The molecule has 0 amide bonds. The molecule has 1 aliphatic heterocycles. The number of aromatic nitrogens is 2. The van der Waals surface area contributed by atoms with Gasteiger partial charge in [0.05, 0.1) is 11.6 Å². The standard InChI is InChI=1S/C14H27N5O/c1-5-7-14(2,15)13-16-12(17-20-13)11-10-18(3)8-6-9-19(11)4/h11H,5-10,15H2,1-4H3. The highest BCUT2D eigenvalue weighted by Crippen LogP contribution is 2.25. The van der Waals surface area contributed by atoms with Gasteiger partial charge in [0, 0.05) is 6.54 Å². The number of rotatable bonds is 4. The fourth-order valence-electron chi connectivity index (χ4n) is 2.78. The molecule has 20 heavy (non-hydrogen) atoms. The maximum absolute atomic E-state index is 6.26. The lowest BCUT2D eigenvalue weighted by Gasteiger charge is -2.24. The maximum atomic E-state index is 6.26. The van der Waals surface area contributed by atoms with Gasteiger partial charge in [-0.2, -0.15) is 4.98 Å². The van der Waals surface area contributed by atoms with E-state index in [1.807, 2.05) is 6.92 Å². The Hall–Kier alpha value is -0.980. The average Bonchev–Trinajstić information content (AvgIpc) is 2.79. The summed E-state index contributed by atoms with van der Waals surface area (Å²) in [7, 11) is 4.25. The van der Waals surface area contributed by atoms with Crippen molar-refractivity contribution in [1.82, 2.24) is 19.9 Å². The van der Waals surface area contributed by atoms with Crippen LogP contribution < -0.4 is 5.73 Å². The van der Waals surface area contributed by atoms with Crippen LogP contribution in [0.25, 0.3) is 0 Å². The van der Waals surface area contributed by atoms with Crippen LogP contribution in [-0.4, -0.2) is 53.7 Å². The Bertz CT molecular complexity index is 431. The number of likely N-dealkylation sites (N-methyl/N-ethyl adjacent to an activating group) is 2. The Morgan fingerprint density at radius 2 is 2.15 bits per heavy atom. The van der Waals surface area contributed by atoms with E-state index in [0.29, 0.717) is 5.89 Å². The molecule has 2 rings (SSSR count). The molecule has 0 aromatic carbocycles. The summed E-state index contributed by atoms with van der Waals surface area (Å²) in [6.45, 7) is 7.14. The normalized spacial score (nSPS) is 25.4. The summed E-state index contributed by atoms with van der Waals surface area (Å²) in [5, 5.41) is 4.18. The largest absolute Gasteiger partial charge is 0.337 e. The first-order valence-corrected chi connectivity index (χ1v) is 7.46. The molecule has 6 heteroatoms. The number of hydrogen-bond acceptors (Lipinski definition) is 6. The molecule has 0 saturated carbocycles. The Morgan fingerprint density at radius 1 is 1.40 bits per heavy atom. The molecular weight excluding hydrogens is 254 g/mol. The molecule has 0 radical (unpaired) electrons. The predicted octanol–water partition coefficient (Wildman–Crippen LogP) is 1.35. The third kappa shape index (κ3) is 3.37. The monoisotopic (exact) mass is 281 g/mol. The first-order chi connectivity index (χ1) is 9.44. The van der Waals surface area contributed by atoms with E-state index in [4.69, 9.17) is 10.3 Å². The highest BCUT2D eigenvalue weighted by Gasteiger charge is 2.31. The van der Waals surface area contributed by atoms with Crippen LogP contribution >= 0.6 is 0 Å². The van der Waals surface area contributed by atoms with Crippen molar-refractivity contribution in [1.29, 1.82) is 0 Å². The Kier molecular flexibility index (Phi) is 4.78. The van der Waals surface area contributed by atoms with E-state index in [2.05, 4.69) is 41.0 Å². The zero-order valence-electron chi connectivity index (χ0n) is 13.1. The van der Waals surface area contributed by atoms with Crippen molar-refractivity contribution < 1.29 is 4.52 Å². The highest BCUT2D eigenvalue weighted by atomic mass is 16.5. The van der Waals surface area contributed by atoms with Crippen LogP contribution in [0.4, 0.5) is 0 Å². The second kappa shape index (κ2) is 6.20. The SMILES string of the molecule is CCCC(C)(N)c1nc(C2CN(C)CCCN2C)no1. The summed E-state index contributed by atoms with van der Waals surface area (Å²) in [5.41, 5.74) is 5.73. The Labute approximate surface area is 121 Å². The quantitative estimate of drug-likeness (QED) is 0.898. The van der Waals surface area contributed by atoms with Crippen molar-refractivity contribution in [2.24, 2.45) is 5.73 Å². The van der Waals surface area contributed by atoms with E-state index in [9.17, 15) is 0 Å². The lowest BCUT2D eigenvalue weighted by atomic mass is 9.98. The van der Waals surface area contributed by atoms with Gasteiger partial charge in [0.15, 0.2) is 5.82 Å². The fourth-order valence-corrected chi connectivity index (χ4v) is 2.78. The van der Waals surface area contributed by atoms with Crippen LogP contribution in [0, 0.1) is 0 Å². The molecule has 0 bridgehead atoms. The molecule has 1 fully saturated rings. The smallest absolute Gasteiger partial charge is 0.246 e. The van der Waals surface area contributed by atoms with Gasteiger partial charge < -0.3 is 15.2 Å². The average molecular weight is 281 g/mol. The number of hydrogen-bond donors (Lipinski definition) is 1. The molecule has 2 N–H and O–H groups in total. The summed E-state index contributed by atoms with van der Waals surface area (Å²) >= 11 is 0. The van der Waals surface area contributed by atoms with Gasteiger partial charge in [-0.15, -0.1) is 0 Å². The summed E-state index contributed by atoms with van der Waals surface area (Å²) in [4.78, 5) is 9.19. The summed E-state index contributed by atoms with van der Waals surface area (Å²) in [6.07, 6.45) is 3.00. The first kappa shape index (κ1) is 15.4. The first-order valence-electron chi connectivity index (χ1n) is 7.46. The van der Waals surface area contributed by atoms with E-state index < -0.39 is 5.54 Å². The zero-order valence-corrected chi connectivity index (χ0v) is 13.1. The van der Waals surface area contributed by atoms with Crippen molar-refractivity contribution >= 4 is 0 Å². The van der Waals surface area contributed by atoms with Crippen LogP contribution in [0.3, 0.4) is 0 Å². The molecular formula is C14H27N5O. The fraction of sp³-hybridized carbons (Fsp3) is 0.857. The second-order valence-electron chi connectivity index (χ2n) is 6.24. The zero-order chi connectivity index (χ0) is 14.8. The van der Waals surface area contributed by atoms with Gasteiger partial charge >= 0.3 is 0 Å². The summed E-state index contributed by atoms with van der Waals surface area (Å²) < 4.78 is 5.43. The van der Waals surface area contributed by atoms with E-state index in [1.165, 1.54) is 6.42 Å². The number of nitrogens with two attached hydrogens (primary N) is 1. The Morgan fingerprint density at radius 3 is 2.85 bits per heavy atom. The van der Waals surface area contributed by atoms with Crippen LogP contribution in [0.5, 0.6) is 0 Å². The van der Waals surface area contributed by atoms with Crippen molar-refractivity contribution in [3.8, 4) is 0 Å². The van der Waals surface area contributed by atoms with E-state index >= 15 is 0 Å². The molecule has 1 aliphatic rings. The maximum Gasteiger partial charge on any atom is 0.246 e. The molecule has 1 saturated heterocycles. The van der Waals surface area contributed by atoms with E-state index in [0.717, 1.165) is 38.3 Å². The van der Waals surface area contributed by atoms with Crippen LogP contribution in [0.2, 0.25) is 0 Å². The van der Waals surface area contributed by atoms with E-state index in [1.54, 1.807) is 0 Å². The molecule has 2 atom stereocenters. The molecule has 114 valence electrons. The molecule has 1 aromatic heterocycles. The van der Waals surface area contributed by atoms with Crippen molar-refractivity contribution in [3.63, 3.8) is 0 Å². The van der Waals surface area contributed by atoms with Crippen molar-refractivity contribution in [3.05, 3.63) is 11.7 Å². The van der Waals surface area contributed by atoms with Gasteiger partial charge in [-0.1, -0.05) is 18.5 Å². The molecule has 6 nitrogen and oxygen atoms in total. The Balaban J connectivity index is 2.18. The lowest BCUT2D eigenvalue weighted by molar-refractivity contribution is 0.213. The van der Waals surface area contributed by atoms with Gasteiger partial charge in [0.1, 0.15) is 0 Å². The van der Waals surface area contributed by atoms with Crippen molar-refractivity contribution in [2.75, 3.05) is 33.7 Å².